The number of phenols is 1. The molecule has 1 unspecified atom stereocenters. The third-order valence-electron chi connectivity index (χ3n) is 5.97. The number of anilines is 2. The van der Waals surface area contributed by atoms with Gasteiger partial charge in [0.2, 0.25) is 5.91 Å². The molecule has 0 aliphatic heterocycles. The number of rotatable bonds is 7. The minimum Gasteiger partial charge on any atom is -0.507 e. The average molecular weight is 573 g/mol. The fraction of sp³-hybridized carbons (Fsp3) is 0.167. The van der Waals surface area contributed by atoms with E-state index in [2.05, 4.69) is 36.6 Å². The van der Waals surface area contributed by atoms with E-state index in [0.717, 1.165) is 27.1 Å². The monoisotopic (exact) mass is 571 g/mol. The molecule has 0 bridgehead atoms. The molecule has 0 radical (unpaired) electrons. The van der Waals surface area contributed by atoms with E-state index in [1.807, 2.05) is 93.6 Å². The largest absolute Gasteiger partial charge is 0.507 e. The highest BCUT2D eigenvalue weighted by Gasteiger charge is 2.16. The number of aromatic hydroxyl groups is 1. The summed E-state index contributed by atoms with van der Waals surface area (Å²) in [6, 6.07) is 26.4. The van der Waals surface area contributed by atoms with Gasteiger partial charge < -0.3 is 15.7 Å². The number of hydrogen-bond donors (Lipinski definition) is 3. The van der Waals surface area contributed by atoms with Gasteiger partial charge in [-0.05, 0) is 58.2 Å². The molecular weight excluding hydrogens is 542 g/mol. The van der Waals surface area contributed by atoms with E-state index in [4.69, 9.17) is 0 Å². The van der Waals surface area contributed by atoms with Gasteiger partial charge in [-0.3, -0.25) is 4.79 Å². The van der Waals surface area contributed by atoms with Crippen LogP contribution in [0.1, 0.15) is 37.8 Å². The minimum atomic E-state index is -0.260. The number of fused-ring (bicyclic) bond motifs is 1. The first-order valence-corrected chi connectivity index (χ1v) is 13.3. The molecule has 7 nitrogen and oxygen atoms in total. The number of aromatic nitrogens is 3. The summed E-state index contributed by atoms with van der Waals surface area (Å²) in [5, 5.41) is 21.2. The normalized spacial score (nSPS) is 11.4. The van der Waals surface area contributed by atoms with Crippen molar-refractivity contribution < 1.29 is 9.90 Å². The van der Waals surface area contributed by atoms with Crippen LogP contribution in [0.5, 0.6) is 5.75 Å². The highest BCUT2D eigenvalue weighted by Crippen LogP contribution is 2.31. The van der Waals surface area contributed by atoms with Gasteiger partial charge in [-0.15, -0.1) is 0 Å². The topological polar surface area (TPSA) is 91.5 Å². The second-order valence-electron chi connectivity index (χ2n) is 8.45. The zero-order valence-electron chi connectivity index (χ0n) is 21.5. The Morgan fingerprint density at radius 2 is 1.74 bits per heavy atom. The van der Waals surface area contributed by atoms with Gasteiger partial charge >= 0.3 is 0 Å². The van der Waals surface area contributed by atoms with E-state index >= 15 is 0 Å². The van der Waals surface area contributed by atoms with Gasteiger partial charge in [0.15, 0.2) is 5.65 Å². The number of nitrogens with zero attached hydrogens (tertiary/aromatic N) is 3. The fourth-order valence-electron chi connectivity index (χ4n) is 3.99. The number of carbonyl (C=O) groups is 1. The molecule has 0 aliphatic rings. The molecule has 8 heteroatoms. The molecule has 3 aromatic carbocycles. The van der Waals surface area contributed by atoms with Crippen LogP contribution in [0.3, 0.4) is 0 Å². The summed E-state index contributed by atoms with van der Waals surface area (Å²) in [4.78, 5) is 17.5. The van der Waals surface area contributed by atoms with Gasteiger partial charge in [0.05, 0.1) is 22.3 Å². The van der Waals surface area contributed by atoms with Crippen LogP contribution in [-0.2, 0) is 11.3 Å². The standard InChI is InChI=1S/C28H24BrN5O2.C2H6/c1-18(20-9-3-2-4-10-20)28(36)32-21-11-7-8-19(14-21)16-30-26-15-24(22-12-5-6-13-25(22)35)33-27-23(29)17-31-34(26)27;1-2/h2-15,17-18,30,35H,16H2,1H3,(H,32,36);1-2H3. The first kappa shape index (κ1) is 26.9. The second-order valence-corrected chi connectivity index (χ2v) is 9.30. The number of benzene rings is 3. The molecule has 0 aliphatic carbocycles. The first-order valence-electron chi connectivity index (χ1n) is 12.5. The van der Waals surface area contributed by atoms with Crippen LogP contribution in [0.4, 0.5) is 11.5 Å². The lowest BCUT2D eigenvalue weighted by Crippen LogP contribution is -2.19. The predicted molar refractivity (Wildman–Crippen MR) is 156 cm³/mol. The Morgan fingerprint density at radius 1 is 1.00 bits per heavy atom. The Hall–Kier alpha value is -4.17. The molecule has 1 amide bonds. The van der Waals surface area contributed by atoms with E-state index in [9.17, 15) is 9.90 Å². The molecule has 0 fully saturated rings. The predicted octanol–water partition coefficient (Wildman–Crippen LogP) is 7.24. The van der Waals surface area contributed by atoms with Crippen LogP contribution in [0.2, 0.25) is 0 Å². The highest BCUT2D eigenvalue weighted by molar-refractivity contribution is 9.10. The van der Waals surface area contributed by atoms with Crippen molar-refractivity contribution in [2.45, 2.75) is 33.2 Å². The zero-order chi connectivity index (χ0) is 27.1. The Kier molecular flexibility index (Phi) is 8.76. The number of halogens is 1. The summed E-state index contributed by atoms with van der Waals surface area (Å²) in [6.07, 6.45) is 1.69. The minimum absolute atomic E-state index is 0.0594. The Bertz CT molecular complexity index is 1530. The third-order valence-corrected chi connectivity index (χ3v) is 6.53. The lowest BCUT2D eigenvalue weighted by atomic mass is 10.0. The van der Waals surface area contributed by atoms with Gasteiger partial charge in [0.25, 0.3) is 0 Å². The lowest BCUT2D eigenvalue weighted by Gasteiger charge is -2.14. The van der Waals surface area contributed by atoms with E-state index in [1.165, 1.54) is 0 Å². The van der Waals surface area contributed by atoms with E-state index in [-0.39, 0.29) is 17.6 Å². The van der Waals surface area contributed by atoms with Crippen molar-refractivity contribution in [3.63, 3.8) is 0 Å². The van der Waals surface area contributed by atoms with Crippen molar-refractivity contribution in [1.29, 1.82) is 0 Å². The second kappa shape index (κ2) is 12.4. The molecule has 3 N–H and O–H groups in total. The maximum absolute atomic E-state index is 12.8. The van der Waals surface area contributed by atoms with E-state index in [1.54, 1.807) is 22.8 Å². The molecule has 1 atom stereocenters. The lowest BCUT2D eigenvalue weighted by molar-refractivity contribution is -0.117. The molecule has 5 rings (SSSR count). The SMILES string of the molecule is CC.CC(C(=O)Nc1cccc(CNc2cc(-c3ccccc3O)nc3c(Br)cnn23)c1)c1ccccc1. The summed E-state index contributed by atoms with van der Waals surface area (Å²) >= 11 is 3.51. The van der Waals surface area contributed by atoms with Crippen molar-refractivity contribution in [3.8, 4) is 17.0 Å². The Morgan fingerprint density at radius 3 is 2.50 bits per heavy atom. The number of phenolic OH excluding ortho intramolecular Hbond substituents is 1. The van der Waals surface area contributed by atoms with Gasteiger partial charge in [-0.2, -0.15) is 9.61 Å². The van der Waals surface area contributed by atoms with E-state index in [0.29, 0.717) is 23.4 Å². The molecule has 5 aromatic rings. The molecule has 194 valence electrons. The maximum Gasteiger partial charge on any atom is 0.231 e. The molecule has 0 saturated carbocycles. The summed E-state index contributed by atoms with van der Waals surface area (Å²) in [5.74, 6) is 0.556. The Balaban J connectivity index is 0.00000164. The molecule has 2 aromatic heterocycles. The molecule has 0 spiro atoms. The quantitative estimate of drug-likeness (QED) is 0.191. The third kappa shape index (κ3) is 6.03. The number of carbonyl (C=O) groups excluding carboxylic acids is 1. The van der Waals surface area contributed by atoms with Gasteiger partial charge in [-0.1, -0.05) is 68.4 Å². The van der Waals surface area contributed by atoms with Crippen LogP contribution in [-0.4, -0.2) is 25.6 Å². The summed E-state index contributed by atoms with van der Waals surface area (Å²) in [6.45, 7) is 6.39. The number of amides is 1. The van der Waals surface area contributed by atoms with Gasteiger partial charge in [-0.25, -0.2) is 4.98 Å². The van der Waals surface area contributed by atoms with Crippen LogP contribution in [0.25, 0.3) is 16.9 Å². The maximum atomic E-state index is 12.8. The highest BCUT2D eigenvalue weighted by atomic mass is 79.9. The van der Waals surface area contributed by atoms with Crippen molar-refractivity contribution >= 4 is 39.0 Å². The molecule has 0 saturated heterocycles. The summed E-state index contributed by atoms with van der Waals surface area (Å²) in [7, 11) is 0. The van der Waals surface area contributed by atoms with Crippen LogP contribution < -0.4 is 10.6 Å². The summed E-state index contributed by atoms with van der Waals surface area (Å²) in [5.41, 5.74) is 4.59. The first-order chi connectivity index (χ1) is 18.5. The van der Waals surface area contributed by atoms with Crippen molar-refractivity contribution in [1.82, 2.24) is 14.6 Å². The van der Waals surface area contributed by atoms with E-state index < -0.39 is 0 Å². The number of para-hydroxylation sites is 1. The van der Waals surface area contributed by atoms with Gasteiger partial charge in [0.1, 0.15) is 11.6 Å². The van der Waals surface area contributed by atoms with Crippen LogP contribution >= 0.6 is 15.9 Å². The summed E-state index contributed by atoms with van der Waals surface area (Å²) < 4.78 is 2.46. The van der Waals surface area contributed by atoms with Crippen LogP contribution in [0, 0.1) is 0 Å². The van der Waals surface area contributed by atoms with Crippen LogP contribution in [0.15, 0.2) is 95.6 Å². The average Bonchev–Trinajstić information content (AvgIpc) is 3.34. The number of hydrogen-bond acceptors (Lipinski definition) is 5. The van der Waals surface area contributed by atoms with Crippen molar-refractivity contribution in [2.24, 2.45) is 0 Å². The number of nitrogens with one attached hydrogen (secondary N) is 2. The zero-order valence-corrected chi connectivity index (χ0v) is 23.1. The van der Waals surface area contributed by atoms with Crippen molar-refractivity contribution in [2.75, 3.05) is 10.6 Å². The molecule has 2 heterocycles. The fourth-order valence-corrected chi connectivity index (χ4v) is 4.33. The van der Waals surface area contributed by atoms with Crippen molar-refractivity contribution in [3.05, 3.63) is 107 Å². The molecular formula is C30H30BrN5O2. The Labute approximate surface area is 230 Å². The van der Waals surface area contributed by atoms with Gasteiger partial charge in [0, 0.05) is 23.9 Å². The molecule has 38 heavy (non-hydrogen) atoms. The smallest absolute Gasteiger partial charge is 0.231 e.